The Balaban J connectivity index is 1.67. The molecule has 7 heteroatoms. The third-order valence-corrected chi connectivity index (χ3v) is 7.30. The first-order valence-corrected chi connectivity index (χ1v) is 13.1. The molecule has 0 bridgehead atoms. The molecule has 0 radical (unpaired) electrons. The van der Waals surface area contributed by atoms with Crippen molar-refractivity contribution in [2.45, 2.75) is 39.2 Å². The molecule has 6 nitrogen and oxygen atoms in total. The lowest BCUT2D eigenvalue weighted by atomic mass is 9.92. The Morgan fingerprint density at radius 2 is 1.51 bits per heavy atom. The van der Waals surface area contributed by atoms with Crippen LogP contribution in [0, 0.1) is 0 Å². The molecule has 0 amide bonds. The van der Waals surface area contributed by atoms with E-state index >= 15 is 0 Å². The molecule has 1 N–H and O–H groups in total. The summed E-state index contributed by atoms with van der Waals surface area (Å²) in [5.74, 6) is 2.99. The molecule has 0 fully saturated rings. The van der Waals surface area contributed by atoms with E-state index in [-0.39, 0.29) is 6.04 Å². The summed E-state index contributed by atoms with van der Waals surface area (Å²) in [5.41, 5.74) is 5.97. The highest BCUT2D eigenvalue weighted by Gasteiger charge is 2.32. The Kier molecular flexibility index (Phi) is 8.77. The fourth-order valence-electron chi connectivity index (χ4n) is 4.88. The van der Waals surface area contributed by atoms with Gasteiger partial charge in [-0.3, -0.25) is 0 Å². The van der Waals surface area contributed by atoms with Crippen LogP contribution < -0.4 is 24.3 Å². The van der Waals surface area contributed by atoms with Crippen LogP contribution in [0.3, 0.4) is 0 Å². The quantitative estimate of drug-likeness (QED) is 0.337. The summed E-state index contributed by atoms with van der Waals surface area (Å²) in [6, 6.07) is 18.1. The Labute approximate surface area is 225 Å². The zero-order chi connectivity index (χ0) is 26.4. The van der Waals surface area contributed by atoms with Gasteiger partial charge in [-0.05, 0) is 90.1 Å². The first-order valence-electron chi connectivity index (χ1n) is 12.7. The van der Waals surface area contributed by atoms with Gasteiger partial charge in [0.2, 0.25) is 0 Å². The molecular formula is C30H36N2O4S. The van der Waals surface area contributed by atoms with Gasteiger partial charge in [0, 0.05) is 12.2 Å². The van der Waals surface area contributed by atoms with E-state index in [2.05, 4.69) is 54.4 Å². The van der Waals surface area contributed by atoms with Crippen molar-refractivity contribution < 1.29 is 18.9 Å². The zero-order valence-electron chi connectivity index (χ0n) is 22.3. The van der Waals surface area contributed by atoms with Crippen LogP contribution in [0.15, 0.2) is 54.6 Å². The number of anilines is 1. The maximum Gasteiger partial charge on any atom is 0.174 e. The Morgan fingerprint density at radius 1 is 0.892 bits per heavy atom. The Bertz CT molecular complexity index is 1210. The van der Waals surface area contributed by atoms with Crippen LogP contribution in [0.25, 0.3) is 0 Å². The second kappa shape index (κ2) is 12.2. The number of para-hydroxylation sites is 1. The number of benzene rings is 3. The van der Waals surface area contributed by atoms with E-state index < -0.39 is 0 Å². The third-order valence-electron chi connectivity index (χ3n) is 6.96. The van der Waals surface area contributed by atoms with Crippen molar-refractivity contribution in [3.63, 3.8) is 0 Å². The number of ether oxygens (including phenoxy) is 4. The highest BCUT2D eigenvalue weighted by molar-refractivity contribution is 7.80. The number of aryl methyl sites for hydroxylation is 2. The largest absolute Gasteiger partial charge is 0.497 e. The standard InChI is InChI=1S/C30H36N2O4S/c1-6-20-9-8-10-21(7-2)29(20)31-30(37)32-16-15-22-17-27(34-4)28(35-5)18-25(22)26(32)19-36-24-13-11-23(33-3)12-14-24/h8-14,17-18,26H,6-7,15-16,19H2,1-5H3,(H,31,37)/t26-/m1/s1. The smallest absolute Gasteiger partial charge is 0.174 e. The van der Waals surface area contributed by atoms with Gasteiger partial charge in [0.25, 0.3) is 0 Å². The summed E-state index contributed by atoms with van der Waals surface area (Å²) in [5, 5.41) is 4.30. The summed E-state index contributed by atoms with van der Waals surface area (Å²) in [4.78, 5) is 2.24. The third kappa shape index (κ3) is 5.77. The van der Waals surface area contributed by atoms with Gasteiger partial charge in [0.05, 0.1) is 27.4 Å². The van der Waals surface area contributed by atoms with Gasteiger partial charge in [-0.15, -0.1) is 0 Å². The van der Waals surface area contributed by atoms with Crippen LogP contribution in [0.5, 0.6) is 23.0 Å². The topological polar surface area (TPSA) is 52.2 Å². The van der Waals surface area contributed by atoms with Crippen molar-refractivity contribution in [3.05, 3.63) is 76.9 Å². The molecule has 0 saturated heterocycles. The average Bonchev–Trinajstić information content (AvgIpc) is 2.95. The van der Waals surface area contributed by atoms with Crippen molar-refractivity contribution in [1.29, 1.82) is 0 Å². The van der Waals surface area contributed by atoms with Crippen molar-refractivity contribution in [2.75, 3.05) is 39.8 Å². The minimum Gasteiger partial charge on any atom is -0.497 e. The molecule has 4 rings (SSSR count). The molecule has 0 aromatic heterocycles. The summed E-state index contributed by atoms with van der Waals surface area (Å²) in [7, 11) is 4.98. The van der Waals surface area contributed by atoms with E-state index in [0.29, 0.717) is 17.5 Å². The van der Waals surface area contributed by atoms with Crippen LogP contribution in [0.2, 0.25) is 0 Å². The van der Waals surface area contributed by atoms with E-state index in [1.165, 1.54) is 16.7 Å². The van der Waals surface area contributed by atoms with Gasteiger partial charge in [-0.1, -0.05) is 32.0 Å². The Morgan fingerprint density at radius 3 is 2.11 bits per heavy atom. The summed E-state index contributed by atoms with van der Waals surface area (Å²) in [6.07, 6.45) is 2.71. The predicted octanol–water partition coefficient (Wildman–Crippen LogP) is 6.21. The Hall–Kier alpha value is -3.45. The summed E-state index contributed by atoms with van der Waals surface area (Å²) in [6.45, 7) is 5.53. The molecule has 196 valence electrons. The van der Waals surface area contributed by atoms with Gasteiger partial charge in [0.1, 0.15) is 18.1 Å². The molecule has 1 aliphatic heterocycles. The summed E-state index contributed by atoms with van der Waals surface area (Å²) < 4.78 is 22.8. The van der Waals surface area contributed by atoms with Gasteiger partial charge >= 0.3 is 0 Å². The molecule has 0 saturated carbocycles. The number of nitrogens with one attached hydrogen (secondary N) is 1. The molecule has 1 heterocycles. The monoisotopic (exact) mass is 520 g/mol. The van der Waals surface area contributed by atoms with Gasteiger partial charge in [-0.25, -0.2) is 0 Å². The number of methoxy groups -OCH3 is 3. The highest BCUT2D eigenvalue weighted by atomic mass is 32.1. The van der Waals surface area contributed by atoms with Crippen molar-refractivity contribution in [1.82, 2.24) is 4.90 Å². The molecular weight excluding hydrogens is 484 g/mol. The van der Waals surface area contributed by atoms with Crippen LogP contribution in [-0.2, 0) is 19.3 Å². The second-order valence-electron chi connectivity index (χ2n) is 8.94. The van der Waals surface area contributed by atoms with Crippen LogP contribution >= 0.6 is 12.2 Å². The second-order valence-corrected chi connectivity index (χ2v) is 9.33. The van der Waals surface area contributed by atoms with E-state index in [4.69, 9.17) is 31.2 Å². The van der Waals surface area contributed by atoms with Gasteiger partial charge in [0.15, 0.2) is 16.6 Å². The number of thiocarbonyl (C=S) groups is 1. The number of rotatable bonds is 9. The fourth-order valence-corrected chi connectivity index (χ4v) is 5.20. The van der Waals surface area contributed by atoms with Crippen molar-refractivity contribution in [3.8, 4) is 23.0 Å². The summed E-state index contributed by atoms with van der Waals surface area (Å²) >= 11 is 6.04. The lowest BCUT2D eigenvalue weighted by Crippen LogP contribution is -2.44. The average molecular weight is 521 g/mol. The predicted molar refractivity (Wildman–Crippen MR) is 153 cm³/mol. The van der Waals surface area contributed by atoms with E-state index in [1.807, 2.05) is 24.3 Å². The van der Waals surface area contributed by atoms with Crippen LogP contribution in [0.4, 0.5) is 5.69 Å². The molecule has 0 unspecified atom stereocenters. The van der Waals surface area contributed by atoms with Crippen LogP contribution in [-0.4, -0.2) is 44.5 Å². The maximum absolute atomic E-state index is 6.30. The van der Waals surface area contributed by atoms with Crippen molar-refractivity contribution in [2.24, 2.45) is 0 Å². The molecule has 0 aliphatic carbocycles. The number of hydrogen-bond acceptors (Lipinski definition) is 5. The lowest BCUT2D eigenvalue weighted by Gasteiger charge is -2.39. The molecule has 3 aromatic rings. The fraction of sp³-hybridized carbons (Fsp3) is 0.367. The lowest BCUT2D eigenvalue weighted by molar-refractivity contribution is 0.190. The SMILES string of the molecule is CCc1cccc(CC)c1NC(=S)N1CCc2cc(OC)c(OC)cc2[C@H]1COc1ccc(OC)cc1. The van der Waals surface area contributed by atoms with Crippen molar-refractivity contribution >= 4 is 23.0 Å². The maximum atomic E-state index is 6.30. The normalized spacial score (nSPS) is 14.5. The minimum absolute atomic E-state index is 0.107. The van der Waals surface area contributed by atoms with E-state index in [0.717, 1.165) is 54.3 Å². The zero-order valence-corrected chi connectivity index (χ0v) is 23.1. The van der Waals surface area contributed by atoms with E-state index in [1.54, 1.807) is 21.3 Å². The number of nitrogens with zero attached hydrogens (tertiary/aromatic N) is 1. The number of fused-ring (bicyclic) bond motifs is 1. The van der Waals surface area contributed by atoms with Gasteiger partial charge in [-0.2, -0.15) is 0 Å². The molecule has 0 spiro atoms. The van der Waals surface area contributed by atoms with E-state index in [9.17, 15) is 0 Å². The molecule has 1 atom stereocenters. The van der Waals surface area contributed by atoms with Gasteiger partial charge < -0.3 is 29.2 Å². The molecule has 37 heavy (non-hydrogen) atoms. The number of hydrogen-bond donors (Lipinski definition) is 1. The highest BCUT2D eigenvalue weighted by Crippen LogP contribution is 2.39. The molecule has 1 aliphatic rings. The first kappa shape index (κ1) is 26.6. The first-order chi connectivity index (χ1) is 18.0. The minimum atomic E-state index is -0.107. The molecule has 3 aromatic carbocycles. The van der Waals surface area contributed by atoms with Crippen LogP contribution in [0.1, 0.15) is 42.1 Å².